The Labute approximate surface area is 124 Å². The van der Waals surface area contributed by atoms with Gasteiger partial charge in [0.15, 0.2) is 6.10 Å². The molecule has 0 saturated heterocycles. The highest BCUT2D eigenvalue weighted by molar-refractivity contribution is 5.95. The highest BCUT2D eigenvalue weighted by Crippen LogP contribution is 2.11. The van der Waals surface area contributed by atoms with Gasteiger partial charge in [0.05, 0.1) is 11.6 Å². The summed E-state index contributed by atoms with van der Waals surface area (Å²) >= 11 is 0. The van der Waals surface area contributed by atoms with Gasteiger partial charge in [0.1, 0.15) is 0 Å². The molecule has 5 heteroatoms. The van der Waals surface area contributed by atoms with E-state index >= 15 is 0 Å². The number of nitrogens with one attached hydrogen (secondary N) is 1. The number of hydrogen-bond donors (Lipinski definition) is 1. The largest absolute Gasteiger partial charge is 0.453 e. The van der Waals surface area contributed by atoms with E-state index in [1.807, 2.05) is 19.9 Å². The molecule has 0 bridgehead atoms. The first kappa shape index (κ1) is 16.7. The molecule has 1 amide bonds. The van der Waals surface area contributed by atoms with Crippen LogP contribution in [-0.2, 0) is 14.3 Å². The maximum absolute atomic E-state index is 11.9. The zero-order chi connectivity index (χ0) is 15.8. The molecular weight excluding hydrogens is 268 g/mol. The Kier molecular flexibility index (Phi) is 6.41. The lowest BCUT2D eigenvalue weighted by Crippen LogP contribution is -2.30. The molecule has 0 aromatic heterocycles. The van der Waals surface area contributed by atoms with Crippen LogP contribution < -0.4 is 5.32 Å². The second-order valence-electron chi connectivity index (χ2n) is 5.24. The molecule has 0 spiro atoms. The molecule has 1 N–H and O–H groups in total. The van der Waals surface area contributed by atoms with Crippen molar-refractivity contribution >= 4 is 17.6 Å². The van der Waals surface area contributed by atoms with Crippen molar-refractivity contribution in [2.45, 2.75) is 39.7 Å². The fraction of sp³-hybridized carbons (Fsp3) is 0.438. The van der Waals surface area contributed by atoms with Crippen molar-refractivity contribution in [3.8, 4) is 6.07 Å². The zero-order valence-electron chi connectivity index (χ0n) is 12.6. The molecule has 0 saturated carbocycles. The van der Waals surface area contributed by atoms with E-state index in [0.29, 0.717) is 23.6 Å². The molecule has 1 aromatic rings. The number of nitriles is 1. The van der Waals surface area contributed by atoms with Crippen LogP contribution in [0.2, 0.25) is 0 Å². The third-order valence-electron chi connectivity index (χ3n) is 2.88. The smallest absolute Gasteiger partial charge is 0.306 e. The first-order valence-corrected chi connectivity index (χ1v) is 6.93. The zero-order valence-corrected chi connectivity index (χ0v) is 12.6. The highest BCUT2D eigenvalue weighted by atomic mass is 16.5. The van der Waals surface area contributed by atoms with Crippen molar-refractivity contribution in [3.63, 3.8) is 0 Å². The minimum Gasteiger partial charge on any atom is -0.453 e. The Hall–Kier alpha value is -2.35. The molecule has 112 valence electrons. The fourth-order valence-corrected chi connectivity index (χ4v) is 1.59. The summed E-state index contributed by atoms with van der Waals surface area (Å²) in [6.07, 6.45) is 0.204. The number of amides is 1. The van der Waals surface area contributed by atoms with Gasteiger partial charge in [0.25, 0.3) is 5.91 Å². The normalized spacial score (nSPS) is 11.6. The van der Waals surface area contributed by atoms with Gasteiger partial charge in [-0.2, -0.15) is 5.26 Å². The van der Waals surface area contributed by atoms with Crippen molar-refractivity contribution in [1.82, 2.24) is 0 Å². The monoisotopic (exact) mass is 288 g/mol. The number of carbonyl (C=O) groups excluding carboxylic acids is 2. The predicted molar refractivity (Wildman–Crippen MR) is 79.4 cm³/mol. The third kappa shape index (κ3) is 6.09. The number of hydrogen-bond acceptors (Lipinski definition) is 4. The lowest BCUT2D eigenvalue weighted by Gasteiger charge is -2.14. The number of carbonyl (C=O) groups is 2. The van der Waals surface area contributed by atoms with Crippen molar-refractivity contribution in [2.75, 3.05) is 5.32 Å². The number of rotatable bonds is 6. The standard InChI is InChI=1S/C16H20N2O3/c1-11(2)4-9-15(19)21-12(3)16(20)18-14-7-5-13(10-17)6-8-14/h5-8,11-12H,4,9H2,1-3H3,(H,18,20)/t12-/m0/s1. The second-order valence-corrected chi connectivity index (χ2v) is 5.24. The van der Waals surface area contributed by atoms with Gasteiger partial charge >= 0.3 is 5.97 Å². The van der Waals surface area contributed by atoms with Crippen LogP contribution >= 0.6 is 0 Å². The lowest BCUT2D eigenvalue weighted by molar-refractivity contribution is -0.153. The highest BCUT2D eigenvalue weighted by Gasteiger charge is 2.17. The van der Waals surface area contributed by atoms with Crippen LogP contribution in [0.4, 0.5) is 5.69 Å². The molecule has 0 aliphatic rings. The number of esters is 1. The van der Waals surface area contributed by atoms with Crippen LogP contribution in [0.25, 0.3) is 0 Å². The molecular formula is C16H20N2O3. The molecule has 1 aromatic carbocycles. The summed E-state index contributed by atoms with van der Waals surface area (Å²) in [6, 6.07) is 8.47. The average Bonchev–Trinajstić information content (AvgIpc) is 2.45. The summed E-state index contributed by atoms with van der Waals surface area (Å²) in [4.78, 5) is 23.4. The molecule has 0 fully saturated rings. The summed E-state index contributed by atoms with van der Waals surface area (Å²) in [7, 11) is 0. The summed E-state index contributed by atoms with van der Waals surface area (Å²) in [5.74, 6) is -0.343. The van der Waals surface area contributed by atoms with Gasteiger partial charge in [0, 0.05) is 12.1 Å². The third-order valence-corrected chi connectivity index (χ3v) is 2.88. The van der Waals surface area contributed by atoms with E-state index in [1.54, 1.807) is 24.3 Å². The van der Waals surface area contributed by atoms with Gasteiger partial charge in [-0.1, -0.05) is 13.8 Å². The van der Waals surface area contributed by atoms with Gasteiger partial charge in [-0.25, -0.2) is 0 Å². The van der Waals surface area contributed by atoms with Crippen LogP contribution in [0.3, 0.4) is 0 Å². The fourth-order valence-electron chi connectivity index (χ4n) is 1.59. The van der Waals surface area contributed by atoms with Gasteiger partial charge in [0.2, 0.25) is 0 Å². The van der Waals surface area contributed by atoms with Crippen molar-refractivity contribution in [3.05, 3.63) is 29.8 Å². The maximum atomic E-state index is 11.9. The van der Waals surface area contributed by atoms with Crippen LogP contribution in [-0.4, -0.2) is 18.0 Å². The molecule has 21 heavy (non-hydrogen) atoms. The summed E-state index contributed by atoms with van der Waals surface area (Å²) in [5, 5.41) is 11.3. The van der Waals surface area contributed by atoms with Crippen molar-refractivity contribution < 1.29 is 14.3 Å². The topological polar surface area (TPSA) is 79.2 Å². The minimum absolute atomic E-state index is 0.312. The van der Waals surface area contributed by atoms with E-state index in [9.17, 15) is 9.59 Å². The minimum atomic E-state index is -0.847. The van der Waals surface area contributed by atoms with E-state index in [2.05, 4.69) is 5.32 Å². The van der Waals surface area contributed by atoms with Crippen LogP contribution in [0.5, 0.6) is 0 Å². The van der Waals surface area contributed by atoms with Crippen LogP contribution in [0.1, 0.15) is 39.2 Å². The Morgan fingerprint density at radius 3 is 2.38 bits per heavy atom. The molecule has 0 unspecified atom stereocenters. The SMILES string of the molecule is CC(C)CCC(=O)O[C@@H](C)C(=O)Nc1ccc(C#N)cc1. The summed E-state index contributed by atoms with van der Waals surface area (Å²) in [6.45, 7) is 5.58. The van der Waals surface area contributed by atoms with E-state index in [1.165, 1.54) is 6.92 Å². The molecule has 0 aliphatic carbocycles. The molecule has 0 radical (unpaired) electrons. The number of ether oxygens (including phenoxy) is 1. The molecule has 0 heterocycles. The molecule has 1 atom stereocenters. The van der Waals surface area contributed by atoms with E-state index in [-0.39, 0.29) is 5.97 Å². The Morgan fingerprint density at radius 1 is 1.24 bits per heavy atom. The Morgan fingerprint density at radius 2 is 1.86 bits per heavy atom. The van der Waals surface area contributed by atoms with Crippen LogP contribution in [0, 0.1) is 17.2 Å². The Balaban J connectivity index is 2.46. The first-order chi connectivity index (χ1) is 9.92. The number of benzene rings is 1. The van der Waals surface area contributed by atoms with E-state index < -0.39 is 12.0 Å². The number of nitrogens with zero attached hydrogens (tertiary/aromatic N) is 1. The maximum Gasteiger partial charge on any atom is 0.306 e. The van der Waals surface area contributed by atoms with Crippen LogP contribution in [0.15, 0.2) is 24.3 Å². The molecule has 0 aliphatic heterocycles. The number of anilines is 1. The summed E-state index contributed by atoms with van der Waals surface area (Å²) in [5.41, 5.74) is 1.07. The quantitative estimate of drug-likeness (QED) is 0.816. The van der Waals surface area contributed by atoms with Crippen molar-refractivity contribution in [1.29, 1.82) is 5.26 Å². The van der Waals surface area contributed by atoms with Gasteiger partial charge in [-0.15, -0.1) is 0 Å². The van der Waals surface area contributed by atoms with Crippen molar-refractivity contribution in [2.24, 2.45) is 5.92 Å². The Bertz CT molecular complexity index is 529. The second kappa shape index (κ2) is 8.05. The van der Waals surface area contributed by atoms with Gasteiger partial charge in [-0.05, 0) is 43.5 Å². The average molecular weight is 288 g/mol. The van der Waals surface area contributed by atoms with Gasteiger partial charge in [-0.3, -0.25) is 9.59 Å². The summed E-state index contributed by atoms with van der Waals surface area (Å²) < 4.78 is 5.08. The van der Waals surface area contributed by atoms with E-state index in [0.717, 1.165) is 6.42 Å². The van der Waals surface area contributed by atoms with E-state index in [4.69, 9.17) is 10.00 Å². The first-order valence-electron chi connectivity index (χ1n) is 6.93. The molecule has 5 nitrogen and oxygen atoms in total. The molecule has 1 rings (SSSR count). The lowest BCUT2D eigenvalue weighted by atomic mass is 10.1. The predicted octanol–water partition coefficient (Wildman–Crippen LogP) is 2.86. The van der Waals surface area contributed by atoms with Gasteiger partial charge < -0.3 is 10.1 Å².